The largest absolute Gasteiger partial charge is 0.350 e. The van der Waals surface area contributed by atoms with Crippen molar-refractivity contribution in [2.45, 2.75) is 57.4 Å². The molecule has 1 saturated carbocycles. The summed E-state index contributed by atoms with van der Waals surface area (Å²) in [6.07, 6.45) is 3.75. The van der Waals surface area contributed by atoms with Gasteiger partial charge in [0.2, 0.25) is 0 Å². The number of hydrogen-bond donors (Lipinski definition) is 0. The van der Waals surface area contributed by atoms with Gasteiger partial charge in [-0.05, 0) is 64.0 Å². The first-order chi connectivity index (χ1) is 13.0. The third-order valence-corrected chi connectivity index (χ3v) is 6.40. The van der Waals surface area contributed by atoms with Crippen LogP contribution in [0.15, 0.2) is 28.7 Å². The van der Waals surface area contributed by atoms with Crippen molar-refractivity contribution in [1.82, 2.24) is 9.80 Å². The maximum Gasteiger partial charge on any atom is 0.253 e. The van der Waals surface area contributed by atoms with Gasteiger partial charge in [0.25, 0.3) is 5.91 Å². The van der Waals surface area contributed by atoms with Crippen LogP contribution in [0.5, 0.6) is 0 Å². The molecule has 27 heavy (non-hydrogen) atoms. The number of likely N-dealkylation sites (N-methyl/N-ethyl adjacent to an activating group) is 1. The molecule has 0 aromatic heterocycles. The molecule has 2 fully saturated rings. The van der Waals surface area contributed by atoms with Crippen molar-refractivity contribution in [2.24, 2.45) is 0 Å². The molecule has 1 aromatic carbocycles. The number of ether oxygens (including phenoxy) is 2. The first-order valence-electron chi connectivity index (χ1n) is 10.0. The summed E-state index contributed by atoms with van der Waals surface area (Å²) < 4.78 is 13.2. The van der Waals surface area contributed by atoms with Gasteiger partial charge in [-0.15, -0.1) is 0 Å². The van der Waals surface area contributed by atoms with Gasteiger partial charge in [0.15, 0.2) is 5.79 Å². The highest BCUT2D eigenvalue weighted by Crippen LogP contribution is 2.39. The predicted octanol–water partition coefficient (Wildman–Crippen LogP) is 3.92. The third kappa shape index (κ3) is 4.56. The van der Waals surface area contributed by atoms with Crippen LogP contribution in [-0.4, -0.2) is 66.9 Å². The number of amides is 1. The van der Waals surface area contributed by atoms with Gasteiger partial charge in [0.1, 0.15) is 0 Å². The highest BCUT2D eigenvalue weighted by atomic mass is 79.9. The molecule has 1 aromatic rings. The van der Waals surface area contributed by atoms with E-state index in [1.165, 1.54) is 6.42 Å². The average Bonchev–Trinajstić information content (AvgIpc) is 2.60. The topological polar surface area (TPSA) is 42.0 Å². The van der Waals surface area contributed by atoms with E-state index < -0.39 is 5.79 Å². The summed E-state index contributed by atoms with van der Waals surface area (Å²) in [5.74, 6) is -0.430. The summed E-state index contributed by atoms with van der Waals surface area (Å²) in [6, 6.07) is 8.06. The zero-order chi connectivity index (χ0) is 19.4. The zero-order valence-corrected chi connectivity index (χ0v) is 18.2. The van der Waals surface area contributed by atoms with Crippen LogP contribution in [0.2, 0.25) is 0 Å². The fourth-order valence-electron chi connectivity index (χ4n) is 4.39. The van der Waals surface area contributed by atoms with Gasteiger partial charge >= 0.3 is 0 Å². The Morgan fingerprint density at radius 2 is 1.85 bits per heavy atom. The van der Waals surface area contributed by atoms with Crippen LogP contribution < -0.4 is 0 Å². The van der Waals surface area contributed by atoms with Crippen LogP contribution in [-0.2, 0) is 9.47 Å². The lowest BCUT2D eigenvalue weighted by Crippen LogP contribution is -2.62. The van der Waals surface area contributed by atoms with Crippen LogP contribution in [0.3, 0.4) is 0 Å². The number of benzene rings is 1. The van der Waals surface area contributed by atoms with E-state index in [1.807, 2.05) is 50.1 Å². The Morgan fingerprint density at radius 3 is 2.37 bits per heavy atom. The molecule has 5 nitrogen and oxygen atoms in total. The molecule has 1 amide bonds. The Balaban J connectivity index is 1.78. The summed E-state index contributed by atoms with van der Waals surface area (Å²) in [5, 5.41) is 0. The number of hydrogen-bond acceptors (Lipinski definition) is 4. The van der Waals surface area contributed by atoms with Crippen molar-refractivity contribution in [1.29, 1.82) is 0 Å². The second-order valence-corrected chi connectivity index (χ2v) is 8.38. The maximum atomic E-state index is 13.1. The number of likely N-dealkylation sites (tertiary alicyclic amines) is 1. The molecule has 0 bridgehead atoms. The molecular weight excluding hydrogens is 408 g/mol. The highest BCUT2D eigenvalue weighted by Gasteiger charge is 2.47. The Kier molecular flexibility index (Phi) is 6.95. The third-order valence-electron chi connectivity index (χ3n) is 5.87. The number of carbonyl (C=O) groups is 1. The van der Waals surface area contributed by atoms with Crippen molar-refractivity contribution in [3.05, 3.63) is 34.3 Å². The van der Waals surface area contributed by atoms with Gasteiger partial charge in [0.05, 0.1) is 0 Å². The molecule has 0 unspecified atom stereocenters. The Bertz CT molecular complexity index is 627. The fourth-order valence-corrected chi connectivity index (χ4v) is 4.65. The molecule has 2 aliphatic rings. The number of nitrogens with zero attached hydrogens (tertiary/aromatic N) is 2. The molecule has 1 heterocycles. The van der Waals surface area contributed by atoms with Crippen LogP contribution in [0, 0.1) is 0 Å². The van der Waals surface area contributed by atoms with Gasteiger partial charge in [-0.3, -0.25) is 9.69 Å². The molecule has 3 rings (SSSR count). The summed E-state index contributed by atoms with van der Waals surface area (Å²) >= 11 is 3.44. The van der Waals surface area contributed by atoms with E-state index in [4.69, 9.17) is 9.47 Å². The van der Waals surface area contributed by atoms with Gasteiger partial charge in [-0.25, -0.2) is 0 Å². The molecule has 1 saturated heterocycles. The normalized spacial score (nSPS) is 25.0. The standard InChI is InChI=1S/C21H31BrN2O3/c1-4-26-21(27-5-2)12-11-18(19(15-21)24-13-6-14-24)23(3)20(25)16-7-9-17(22)10-8-16/h7-10,18-19H,4-6,11-15H2,1-3H3/t18-,19-/m0/s1. The second-order valence-electron chi connectivity index (χ2n) is 7.47. The molecule has 150 valence electrons. The Hall–Kier alpha value is -0.950. The summed E-state index contributed by atoms with van der Waals surface area (Å²) in [6.45, 7) is 7.52. The Morgan fingerprint density at radius 1 is 1.22 bits per heavy atom. The highest BCUT2D eigenvalue weighted by molar-refractivity contribution is 9.10. The van der Waals surface area contributed by atoms with Crippen LogP contribution in [0.4, 0.5) is 0 Å². The van der Waals surface area contributed by atoms with Gasteiger partial charge < -0.3 is 14.4 Å². The molecule has 6 heteroatoms. The summed E-state index contributed by atoms with van der Waals surface area (Å²) in [5.41, 5.74) is 0.731. The van der Waals surface area contributed by atoms with Crippen molar-refractivity contribution in [2.75, 3.05) is 33.4 Å². The van der Waals surface area contributed by atoms with Gasteiger partial charge in [0, 0.05) is 55.2 Å². The van der Waals surface area contributed by atoms with Crippen molar-refractivity contribution in [3.63, 3.8) is 0 Å². The van der Waals surface area contributed by atoms with Gasteiger partial charge in [-0.2, -0.15) is 0 Å². The predicted molar refractivity (Wildman–Crippen MR) is 110 cm³/mol. The van der Waals surface area contributed by atoms with Crippen molar-refractivity contribution < 1.29 is 14.3 Å². The maximum absolute atomic E-state index is 13.1. The quantitative estimate of drug-likeness (QED) is 0.604. The lowest BCUT2D eigenvalue weighted by atomic mass is 9.82. The second kappa shape index (κ2) is 9.03. The van der Waals surface area contributed by atoms with E-state index in [0.717, 1.165) is 42.4 Å². The van der Waals surface area contributed by atoms with Crippen molar-refractivity contribution >= 4 is 21.8 Å². The van der Waals surface area contributed by atoms with E-state index in [-0.39, 0.29) is 18.0 Å². The first kappa shape index (κ1) is 20.8. The van der Waals surface area contributed by atoms with E-state index in [0.29, 0.717) is 13.2 Å². The number of carbonyl (C=O) groups excluding carboxylic acids is 1. The number of halogens is 1. The minimum atomic E-state index is -0.512. The number of rotatable bonds is 7. The van der Waals surface area contributed by atoms with Crippen LogP contribution in [0.1, 0.15) is 49.9 Å². The van der Waals surface area contributed by atoms with Gasteiger partial charge in [-0.1, -0.05) is 15.9 Å². The van der Waals surface area contributed by atoms with Crippen molar-refractivity contribution in [3.8, 4) is 0 Å². The molecule has 0 N–H and O–H groups in total. The Labute approximate surface area is 171 Å². The first-order valence-corrected chi connectivity index (χ1v) is 10.8. The van der Waals surface area contributed by atoms with Crippen LogP contribution >= 0.6 is 15.9 Å². The molecule has 1 aliphatic carbocycles. The minimum Gasteiger partial charge on any atom is -0.350 e. The summed E-state index contributed by atoms with van der Waals surface area (Å²) in [7, 11) is 1.94. The molecular formula is C21H31BrN2O3. The molecule has 2 atom stereocenters. The van der Waals surface area contributed by atoms with E-state index in [2.05, 4.69) is 20.8 Å². The SMILES string of the molecule is CCOC1(OCC)CC[C@H](N(C)C(=O)c2ccc(Br)cc2)[C@@H](N2CCC2)C1. The lowest BCUT2D eigenvalue weighted by molar-refractivity contribution is -0.262. The fraction of sp³-hybridized carbons (Fsp3) is 0.667. The van der Waals surface area contributed by atoms with Crippen LogP contribution in [0.25, 0.3) is 0 Å². The van der Waals surface area contributed by atoms with E-state index in [9.17, 15) is 4.79 Å². The zero-order valence-electron chi connectivity index (χ0n) is 16.6. The minimum absolute atomic E-state index is 0.0818. The molecule has 0 spiro atoms. The summed E-state index contributed by atoms with van der Waals surface area (Å²) in [4.78, 5) is 17.5. The monoisotopic (exact) mass is 438 g/mol. The lowest BCUT2D eigenvalue weighted by Gasteiger charge is -2.52. The van der Waals surface area contributed by atoms with E-state index >= 15 is 0 Å². The van der Waals surface area contributed by atoms with E-state index in [1.54, 1.807) is 0 Å². The molecule has 1 aliphatic heterocycles. The smallest absolute Gasteiger partial charge is 0.253 e. The molecule has 0 radical (unpaired) electrons. The average molecular weight is 439 g/mol.